The lowest BCUT2D eigenvalue weighted by molar-refractivity contribution is -0.133. The van der Waals surface area contributed by atoms with Crippen molar-refractivity contribution >= 4 is 17.7 Å². The number of aliphatic carboxylic acids is 1. The van der Waals surface area contributed by atoms with Crippen LogP contribution in [0.1, 0.15) is 46.0 Å². The molecule has 0 amide bonds. The maximum absolute atomic E-state index is 10.7. The molecule has 2 atom stereocenters. The van der Waals surface area contributed by atoms with E-state index in [0.29, 0.717) is 11.1 Å². The number of carbonyl (C=O) groups is 1. The fourth-order valence-electron chi connectivity index (χ4n) is 2.34. The van der Waals surface area contributed by atoms with Crippen molar-refractivity contribution < 1.29 is 14.6 Å². The molecule has 2 rings (SSSR count). The minimum absolute atomic E-state index is 0.0186. The second kappa shape index (κ2) is 5.73. The van der Waals surface area contributed by atoms with Crippen LogP contribution in [0.2, 0.25) is 0 Å². The summed E-state index contributed by atoms with van der Waals surface area (Å²) >= 11 is 1.20. The highest BCUT2D eigenvalue weighted by Crippen LogP contribution is 2.37. The molecule has 20 heavy (non-hydrogen) atoms. The summed E-state index contributed by atoms with van der Waals surface area (Å²) < 4.78 is 7.78. The zero-order chi connectivity index (χ0) is 14.9. The topological polar surface area (TPSA) is 77.2 Å². The Kier molecular flexibility index (Phi) is 4.39. The average molecular weight is 299 g/mol. The summed E-state index contributed by atoms with van der Waals surface area (Å²) in [6, 6.07) is 0. The molecule has 0 bridgehead atoms. The SMILES string of the molecule is CC1CCOC1c1nnc(SCC(=O)O)n1C(C)(C)C. The van der Waals surface area contributed by atoms with Crippen LogP contribution >= 0.6 is 11.8 Å². The summed E-state index contributed by atoms with van der Waals surface area (Å²) in [7, 11) is 0. The Hall–Kier alpha value is -1.08. The first kappa shape index (κ1) is 15.3. The molecule has 1 N–H and O–H groups in total. The lowest BCUT2D eigenvalue weighted by Gasteiger charge is -2.27. The number of thioether (sulfide) groups is 1. The van der Waals surface area contributed by atoms with Gasteiger partial charge in [-0.05, 0) is 33.1 Å². The molecule has 0 saturated carbocycles. The third kappa shape index (κ3) is 3.15. The van der Waals surface area contributed by atoms with Crippen molar-refractivity contribution in [1.82, 2.24) is 14.8 Å². The first-order valence-corrected chi connectivity index (χ1v) is 7.71. The van der Waals surface area contributed by atoms with Gasteiger partial charge in [0, 0.05) is 12.1 Å². The first-order chi connectivity index (χ1) is 9.30. The van der Waals surface area contributed by atoms with Gasteiger partial charge in [0.05, 0.1) is 5.75 Å². The molecule has 1 aliphatic heterocycles. The van der Waals surface area contributed by atoms with Crippen molar-refractivity contribution in [2.24, 2.45) is 5.92 Å². The molecule has 0 aromatic carbocycles. The van der Waals surface area contributed by atoms with Crippen molar-refractivity contribution in [3.05, 3.63) is 5.82 Å². The smallest absolute Gasteiger partial charge is 0.313 e. The maximum atomic E-state index is 10.7. The molecule has 7 heteroatoms. The normalized spacial score (nSPS) is 23.2. The van der Waals surface area contributed by atoms with Gasteiger partial charge in [0.25, 0.3) is 0 Å². The van der Waals surface area contributed by atoms with Crippen LogP contribution in [0.3, 0.4) is 0 Å². The summed E-state index contributed by atoms with van der Waals surface area (Å²) in [4.78, 5) is 10.7. The molecule has 112 valence electrons. The van der Waals surface area contributed by atoms with Gasteiger partial charge in [-0.1, -0.05) is 18.7 Å². The number of hydrogen-bond acceptors (Lipinski definition) is 5. The minimum Gasteiger partial charge on any atom is -0.481 e. The first-order valence-electron chi connectivity index (χ1n) is 6.72. The van der Waals surface area contributed by atoms with Crippen molar-refractivity contribution in [2.75, 3.05) is 12.4 Å². The number of ether oxygens (including phenoxy) is 1. The van der Waals surface area contributed by atoms with Crippen LogP contribution < -0.4 is 0 Å². The standard InChI is InChI=1S/C13H21N3O3S/c1-8-5-6-19-10(8)11-14-15-12(20-7-9(17)18)16(11)13(2,3)4/h8,10H,5-7H2,1-4H3,(H,17,18). The molecular weight excluding hydrogens is 278 g/mol. The third-order valence-electron chi connectivity index (χ3n) is 3.30. The van der Waals surface area contributed by atoms with E-state index in [4.69, 9.17) is 9.84 Å². The van der Waals surface area contributed by atoms with Crippen LogP contribution in [0.4, 0.5) is 0 Å². The number of aromatic nitrogens is 3. The third-order valence-corrected chi connectivity index (χ3v) is 4.21. The highest BCUT2D eigenvalue weighted by molar-refractivity contribution is 7.99. The molecule has 1 aliphatic rings. The molecule has 2 unspecified atom stereocenters. The van der Waals surface area contributed by atoms with Gasteiger partial charge in [0.15, 0.2) is 11.0 Å². The van der Waals surface area contributed by atoms with Gasteiger partial charge in [-0.2, -0.15) is 0 Å². The van der Waals surface area contributed by atoms with Crippen LogP contribution in [0.5, 0.6) is 0 Å². The zero-order valence-corrected chi connectivity index (χ0v) is 13.1. The van der Waals surface area contributed by atoms with E-state index in [1.165, 1.54) is 11.8 Å². The van der Waals surface area contributed by atoms with E-state index >= 15 is 0 Å². The van der Waals surface area contributed by atoms with E-state index in [1.54, 1.807) is 0 Å². The Morgan fingerprint density at radius 1 is 1.50 bits per heavy atom. The van der Waals surface area contributed by atoms with Crippen LogP contribution in [-0.2, 0) is 15.1 Å². The molecule has 0 aliphatic carbocycles. The van der Waals surface area contributed by atoms with E-state index in [1.807, 2.05) is 4.57 Å². The van der Waals surface area contributed by atoms with Crippen molar-refractivity contribution in [2.45, 2.75) is 50.9 Å². The molecule has 6 nitrogen and oxygen atoms in total. The van der Waals surface area contributed by atoms with Crippen molar-refractivity contribution in [3.8, 4) is 0 Å². The lowest BCUT2D eigenvalue weighted by Crippen LogP contribution is -2.27. The number of nitrogens with zero attached hydrogens (tertiary/aromatic N) is 3. The molecule has 1 fully saturated rings. The predicted molar refractivity (Wildman–Crippen MR) is 75.9 cm³/mol. The number of rotatable bonds is 4. The van der Waals surface area contributed by atoms with Crippen LogP contribution in [0.25, 0.3) is 0 Å². The van der Waals surface area contributed by atoms with Crippen LogP contribution in [0, 0.1) is 5.92 Å². The Morgan fingerprint density at radius 3 is 2.70 bits per heavy atom. The van der Waals surface area contributed by atoms with E-state index < -0.39 is 5.97 Å². The van der Waals surface area contributed by atoms with E-state index in [9.17, 15) is 4.79 Å². The number of carboxylic acid groups (broad SMARTS) is 1. The van der Waals surface area contributed by atoms with Gasteiger partial charge >= 0.3 is 5.97 Å². The van der Waals surface area contributed by atoms with E-state index in [2.05, 4.69) is 37.9 Å². The largest absolute Gasteiger partial charge is 0.481 e. The summed E-state index contributed by atoms with van der Waals surface area (Å²) in [5, 5.41) is 17.9. The average Bonchev–Trinajstić information content (AvgIpc) is 2.90. The second-order valence-corrected chi connectivity index (χ2v) is 7.03. The van der Waals surface area contributed by atoms with Crippen molar-refractivity contribution in [3.63, 3.8) is 0 Å². The van der Waals surface area contributed by atoms with Gasteiger partial charge in [0.1, 0.15) is 6.10 Å². The molecule has 1 aromatic heterocycles. The molecule has 2 heterocycles. The second-order valence-electron chi connectivity index (χ2n) is 6.09. The quantitative estimate of drug-likeness (QED) is 0.860. The zero-order valence-electron chi connectivity index (χ0n) is 12.3. The summed E-state index contributed by atoms with van der Waals surface area (Å²) in [6.45, 7) is 9.06. The highest BCUT2D eigenvalue weighted by Gasteiger charge is 2.34. The monoisotopic (exact) mass is 299 g/mol. The van der Waals surface area contributed by atoms with Gasteiger partial charge in [-0.25, -0.2) is 0 Å². The molecule has 1 aromatic rings. The van der Waals surface area contributed by atoms with E-state index in [-0.39, 0.29) is 17.4 Å². The van der Waals surface area contributed by atoms with Crippen molar-refractivity contribution in [1.29, 1.82) is 0 Å². The minimum atomic E-state index is -0.856. The fourth-order valence-corrected chi connectivity index (χ4v) is 3.19. The van der Waals surface area contributed by atoms with Crippen LogP contribution in [0.15, 0.2) is 5.16 Å². The Balaban J connectivity index is 2.35. The molecular formula is C13H21N3O3S. The lowest BCUT2D eigenvalue weighted by atomic mass is 10.0. The van der Waals surface area contributed by atoms with Gasteiger partial charge in [-0.3, -0.25) is 9.36 Å². The van der Waals surface area contributed by atoms with E-state index in [0.717, 1.165) is 18.9 Å². The Morgan fingerprint density at radius 2 is 2.20 bits per heavy atom. The fraction of sp³-hybridized carbons (Fsp3) is 0.769. The Labute approximate surface area is 122 Å². The molecule has 0 spiro atoms. The number of hydrogen-bond donors (Lipinski definition) is 1. The van der Waals surface area contributed by atoms with Gasteiger partial charge < -0.3 is 9.84 Å². The summed E-state index contributed by atoms with van der Waals surface area (Å²) in [5.74, 6) is 0.327. The van der Waals surface area contributed by atoms with Gasteiger partial charge in [-0.15, -0.1) is 10.2 Å². The molecule has 0 radical (unpaired) electrons. The molecule has 1 saturated heterocycles. The van der Waals surface area contributed by atoms with Crippen LogP contribution in [-0.4, -0.2) is 38.2 Å². The highest BCUT2D eigenvalue weighted by atomic mass is 32.2. The summed E-state index contributed by atoms with van der Waals surface area (Å²) in [5.41, 5.74) is -0.217. The van der Waals surface area contributed by atoms with Gasteiger partial charge in [0.2, 0.25) is 0 Å². The maximum Gasteiger partial charge on any atom is 0.313 e. The predicted octanol–water partition coefficient (Wildman–Crippen LogP) is 2.31. The number of carboxylic acids is 1. The summed E-state index contributed by atoms with van der Waals surface area (Å²) in [6.07, 6.45) is 0.958. The Bertz CT molecular complexity index is 496.